The molecule has 2 aromatic rings. The van der Waals surface area contributed by atoms with Crippen LogP contribution in [0.3, 0.4) is 0 Å². The summed E-state index contributed by atoms with van der Waals surface area (Å²) in [5, 5.41) is 3.10. The molecule has 0 fully saturated rings. The first-order chi connectivity index (χ1) is 15.0. The zero-order valence-corrected chi connectivity index (χ0v) is 26.0. The molecule has 2 rings (SSSR count). The summed E-state index contributed by atoms with van der Waals surface area (Å²) in [6.45, 7) is 18.0. The van der Waals surface area contributed by atoms with Gasteiger partial charge in [-0.3, -0.25) is 0 Å². The molecule has 178 valence electrons. The molecule has 0 saturated carbocycles. The van der Waals surface area contributed by atoms with Gasteiger partial charge in [-0.25, -0.2) is 0 Å². The van der Waals surface area contributed by atoms with E-state index in [1.807, 2.05) is 0 Å². The van der Waals surface area contributed by atoms with Gasteiger partial charge in [0, 0.05) is 16.1 Å². The molecule has 0 bridgehead atoms. The van der Waals surface area contributed by atoms with Crippen molar-refractivity contribution in [2.45, 2.75) is 95.3 Å². The highest BCUT2D eigenvalue weighted by atomic mass is 31.1. The van der Waals surface area contributed by atoms with E-state index in [2.05, 4.69) is 106 Å². The van der Waals surface area contributed by atoms with Gasteiger partial charge in [-0.2, -0.15) is 0 Å². The number of hydrogen-bond acceptors (Lipinski definition) is 0. The molecule has 0 aromatic heterocycles. The highest BCUT2D eigenvalue weighted by Gasteiger charge is 2.28. The van der Waals surface area contributed by atoms with E-state index in [9.17, 15) is 0 Å². The molecule has 0 spiro atoms. The Hall–Kier alpha value is -0.479. The van der Waals surface area contributed by atoms with E-state index in [4.69, 9.17) is 0 Å². The zero-order chi connectivity index (χ0) is 23.7. The number of rotatable bonds is 14. The Labute approximate surface area is 204 Å². The third kappa shape index (κ3) is 11.1. The molecule has 0 unspecified atom stereocenters. The monoisotopic (exact) mass is 500 g/mol. The first-order valence-corrected chi connectivity index (χ1v) is 24.9. The van der Waals surface area contributed by atoms with Gasteiger partial charge < -0.3 is 0 Å². The van der Waals surface area contributed by atoms with Crippen molar-refractivity contribution in [2.24, 2.45) is 0 Å². The molecule has 0 nitrogen and oxygen atoms in total. The van der Waals surface area contributed by atoms with E-state index >= 15 is 0 Å². The molecule has 0 N–H and O–H groups in total. The number of benzene rings is 2. The lowest BCUT2D eigenvalue weighted by Crippen LogP contribution is -2.32. The normalized spacial score (nSPS) is 13.0. The van der Waals surface area contributed by atoms with Crippen LogP contribution in [0.15, 0.2) is 60.7 Å². The maximum atomic E-state index is 2.76. The van der Waals surface area contributed by atoms with Gasteiger partial charge in [0.2, 0.25) is 0 Å². The van der Waals surface area contributed by atoms with Crippen LogP contribution < -0.4 is 10.6 Å². The van der Waals surface area contributed by atoms with Crippen LogP contribution >= 0.6 is 7.92 Å². The predicted molar refractivity (Wildman–Crippen MR) is 160 cm³/mol. The fourth-order valence-electron chi connectivity index (χ4n) is 4.75. The summed E-state index contributed by atoms with van der Waals surface area (Å²) >= 11 is 0. The lowest BCUT2D eigenvalue weighted by molar-refractivity contribution is 0.915. The van der Waals surface area contributed by atoms with Crippen molar-refractivity contribution >= 4 is 42.8 Å². The van der Waals surface area contributed by atoms with Crippen molar-refractivity contribution in [3.63, 3.8) is 0 Å². The molecule has 0 aliphatic heterocycles. The van der Waals surface area contributed by atoms with E-state index in [1.165, 1.54) is 43.6 Å². The maximum absolute atomic E-state index is 2.76. The summed E-state index contributed by atoms with van der Waals surface area (Å²) in [6.07, 6.45) is 5.77. The van der Waals surface area contributed by atoms with Crippen LogP contribution in [-0.2, 0) is 0 Å². The standard InChI is InChI=1S/C28H49PSi3/c1-30(2,3)22-15-25-32(7,26-16-23-31(4,5)6)24-14-21-29(27-17-10-8-11-18-27)28-19-12-9-13-20-28/h8-13,17-20H,14-16,21-26H2,1-7H3. The minimum absolute atomic E-state index is 0.231. The maximum Gasteiger partial charge on any atom is 0.0504 e. The van der Waals surface area contributed by atoms with Gasteiger partial charge >= 0.3 is 0 Å². The molecule has 2 aromatic carbocycles. The van der Waals surface area contributed by atoms with Crippen LogP contribution in [0.1, 0.15) is 19.3 Å². The van der Waals surface area contributed by atoms with Crippen LogP contribution in [0.2, 0.25) is 76.0 Å². The third-order valence-electron chi connectivity index (χ3n) is 6.71. The van der Waals surface area contributed by atoms with E-state index < -0.39 is 24.2 Å². The summed E-state index contributed by atoms with van der Waals surface area (Å²) < 4.78 is 0. The van der Waals surface area contributed by atoms with Crippen LogP contribution in [0.25, 0.3) is 0 Å². The Morgan fingerprint density at radius 3 is 1.25 bits per heavy atom. The molecule has 32 heavy (non-hydrogen) atoms. The summed E-state index contributed by atoms with van der Waals surface area (Å²) in [4.78, 5) is 0. The molecular weight excluding hydrogens is 452 g/mol. The largest absolute Gasteiger partial charge is 0.0695 e. The van der Waals surface area contributed by atoms with Crippen LogP contribution in [-0.4, -0.2) is 30.4 Å². The fraction of sp³-hybridized carbons (Fsp3) is 0.571. The van der Waals surface area contributed by atoms with Gasteiger partial charge in [0.05, 0.1) is 8.07 Å². The highest BCUT2D eigenvalue weighted by molar-refractivity contribution is 7.73. The van der Waals surface area contributed by atoms with Crippen molar-refractivity contribution in [3.8, 4) is 0 Å². The minimum Gasteiger partial charge on any atom is -0.0695 e. The summed E-state index contributed by atoms with van der Waals surface area (Å²) in [6, 6.07) is 30.3. The second-order valence-corrected chi connectivity index (χ2v) is 31.3. The second kappa shape index (κ2) is 12.8. The van der Waals surface area contributed by atoms with E-state index in [1.54, 1.807) is 22.7 Å². The van der Waals surface area contributed by atoms with Crippen molar-refractivity contribution in [1.29, 1.82) is 0 Å². The van der Waals surface area contributed by atoms with Crippen molar-refractivity contribution < 1.29 is 0 Å². The molecule has 0 aliphatic carbocycles. The first kappa shape index (κ1) is 27.8. The molecule has 0 saturated heterocycles. The topological polar surface area (TPSA) is 0 Å². The van der Waals surface area contributed by atoms with Gasteiger partial charge in [0.1, 0.15) is 0 Å². The van der Waals surface area contributed by atoms with Crippen molar-refractivity contribution in [2.75, 3.05) is 6.16 Å². The fourth-order valence-corrected chi connectivity index (χ4v) is 14.4. The Bertz CT molecular complexity index is 703. The summed E-state index contributed by atoms with van der Waals surface area (Å²) in [7, 11) is -3.24. The molecule has 0 aliphatic rings. The van der Waals surface area contributed by atoms with Crippen LogP contribution in [0, 0.1) is 0 Å². The molecule has 0 amide bonds. The smallest absolute Gasteiger partial charge is 0.0504 e. The van der Waals surface area contributed by atoms with Gasteiger partial charge in [0.15, 0.2) is 0 Å². The highest BCUT2D eigenvalue weighted by Crippen LogP contribution is 2.37. The average molecular weight is 501 g/mol. The summed E-state index contributed by atoms with van der Waals surface area (Å²) in [5.74, 6) is 0. The lowest BCUT2D eigenvalue weighted by Gasteiger charge is -2.31. The molecule has 0 heterocycles. The number of hydrogen-bond donors (Lipinski definition) is 0. The Balaban J connectivity index is 2.04. The second-order valence-electron chi connectivity index (χ2n) is 12.6. The Kier molecular flexibility index (Phi) is 11.1. The molecule has 4 heteroatoms. The quantitative estimate of drug-likeness (QED) is 0.179. The molecular formula is C28H49PSi3. The predicted octanol–water partition coefficient (Wildman–Crippen LogP) is 9.04. The lowest BCUT2D eigenvalue weighted by atomic mass is 10.4. The van der Waals surface area contributed by atoms with E-state index in [-0.39, 0.29) is 7.92 Å². The van der Waals surface area contributed by atoms with Crippen LogP contribution in [0.5, 0.6) is 0 Å². The van der Waals surface area contributed by atoms with E-state index in [0.29, 0.717) is 0 Å². The van der Waals surface area contributed by atoms with Gasteiger partial charge in [0.25, 0.3) is 0 Å². The zero-order valence-electron chi connectivity index (χ0n) is 22.1. The Morgan fingerprint density at radius 2 is 0.875 bits per heavy atom. The van der Waals surface area contributed by atoms with E-state index in [0.717, 1.165) is 0 Å². The Morgan fingerprint density at radius 1 is 0.500 bits per heavy atom. The molecule has 0 atom stereocenters. The van der Waals surface area contributed by atoms with Gasteiger partial charge in [-0.05, 0) is 24.7 Å². The minimum atomic E-state index is -1.16. The van der Waals surface area contributed by atoms with Crippen LogP contribution in [0.4, 0.5) is 0 Å². The summed E-state index contributed by atoms with van der Waals surface area (Å²) in [5.41, 5.74) is 0. The first-order valence-electron chi connectivity index (χ1n) is 12.9. The average Bonchev–Trinajstić information content (AvgIpc) is 2.71. The SMILES string of the molecule is C[Si](C)(C)CCC[Si](C)(CCCP(c1ccccc1)c1ccccc1)CCC[Si](C)(C)C. The van der Waals surface area contributed by atoms with Gasteiger partial charge in [-0.1, -0.05) is 156 Å². The van der Waals surface area contributed by atoms with Gasteiger partial charge in [-0.15, -0.1) is 0 Å². The third-order valence-corrected chi connectivity index (χ3v) is 17.7. The van der Waals surface area contributed by atoms with Crippen molar-refractivity contribution in [3.05, 3.63) is 60.7 Å². The molecule has 0 radical (unpaired) electrons. The van der Waals surface area contributed by atoms with Crippen molar-refractivity contribution in [1.82, 2.24) is 0 Å².